The quantitative estimate of drug-likeness (QED) is 0.733. The lowest BCUT2D eigenvalue weighted by atomic mass is 10.1. The van der Waals surface area contributed by atoms with E-state index in [0.29, 0.717) is 12.8 Å². The molecule has 0 aromatic heterocycles. The lowest BCUT2D eigenvalue weighted by Gasteiger charge is -2.14. The number of carboxylic acids is 1. The van der Waals surface area contributed by atoms with Crippen LogP contribution in [0.25, 0.3) is 0 Å². The summed E-state index contributed by atoms with van der Waals surface area (Å²) in [5.41, 5.74) is 1.02. The van der Waals surface area contributed by atoms with Gasteiger partial charge in [0.1, 0.15) is 11.8 Å². The number of nitrogens with one attached hydrogen (secondary N) is 1. The fourth-order valence-electron chi connectivity index (χ4n) is 1.98. The zero-order valence-electron chi connectivity index (χ0n) is 12.6. The number of rotatable bonds is 9. The second kappa shape index (κ2) is 9.00. The van der Waals surface area contributed by atoms with Gasteiger partial charge in [0.2, 0.25) is 5.91 Å². The molecule has 1 amide bonds. The minimum Gasteiger partial charge on any atom is -0.497 e. The van der Waals surface area contributed by atoms with Crippen molar-refractivity contribution in [1.82, 2.24) is 5.32 Å². The van der Waals surface area contributed by atoms with Gasteiger partial charge in [-0.25, -0.2) is 4.79 Å². The zero-order valence-corrected chi connectivity index (χ0v) is 12.6. The third kappa shape index (κ3) is 6.29. The molecule has 0 spiro atoms. The van der Waals surface area contributed by atoms with E-state index in [9.17, 15) is 9.59 Å². The van der Waals surface area contributed by atoms with Crippen molar-refractivity contribution in [1.29, 1.82) is 0 Å². The Kier molecular flexibility index (Phi) is 7.29. The summed E-state index contributed by atoms with van der Waals surface area (Å²) in [5, 5.41) is 11.6. The normalized spacial score (nSPS) is 11.7. The van der Waals surface area contributed by atoms with E-state index in [1.54, 1.807) is 7.11 Å². The molecule has 1 rings (SSSR count). The van der Waals surface area contributed by atoms with Crippen LogP contribution in [0.4, 0.5) is 0 Å². The van der Waals surface area contributed by atoms with Gasteiger partial charge >= 0.3 is 5.97 Å². The first kappa shape index (κ1) is 17.0. The smallest absolute Gasteiger partial charge is 0.326 e. The second-order valence-electron chi connectivity index (χ2n) is 4.95. The first-order valence-electron chi connectivity index (χ1n) is 7.22. The summed E-state index contributed by atoms with van der Waals surface area (Å²) in [5.74, 6) is -0.427. The van der Waals surface area contributed by atoms with Gasteiger partial charge in [0.05, 0.1) is 7.11 Å². The van der Waals surface area contributed by atoms with Crippen LogP contribution in [-0.2, 0) is 16.0 Å². The number of amides is 1. The van der Waals surface area contributed by atoms with Crippen molar-refractivity contribution in [2.24, 2.45) is 0 Å². The third-order valence-corrected chi connectivity index (χ3v) is 3.28. The van der Waals surface area contributed by atoms with Gasteiger partial charge in [0.15, 0.2) is 0 Å². The second-order valence-corrected chi connectivity index (χ2v) is 4.95. The third-order valence-electron chi connectivity index (χ3n) is 3.28. The predicted molar refractivity (Wildman–Crippen MR) is 80.4 cm³/mol. The highest BCUT2D eigenvalue weighted by molar-refractivity contribution is 5.83. The number of hydrogen-bond acceptors (Lipinski definition) is 3. The number of hydrogen-bond donors (Lipinski definition) is 2. The van der Waals surface area contributed by atoms with Gasteiger partial charge in [-0.05, 0) is 30.5 Å². The van der Waals surface area contributed by atoms with E-state index < -0.39 is 12.0 Å². The van der Waals surface area contributed by atoms with Crippen LogP contribution in [0.5, 0.6) is 5.75 Å². The Morgan fingerprint density at radius 2 is 1.95 bits per heavy atom. The van der Waals surface area contributed by atoms with E-state index in [0.717, 1.165) is 24.2 Å². The molecule has 0 heterocycles. The summed E-state index contributed by atoms with van der Waals surface area (Å²) in [7, 11) is 1.60. The minimum absolute atomic E-state index is 0.227. The Bertz CT molecular complexity index is 456. The lowest BCUT2D eigenvalue weighted by molar-refractivity contribution is -0.142. The molecule has 0 saturated carbocycles. The summed E-state index contributed by atoms with van der Waals surface area (Å²) < 4.78 is 5.07. The summed E-state index contributed by atoms with van der Waals surface area (Å²) in [6.45, 7) is 1.99. The fourth-order valence-corrected chi connectivity index (χ4v) is 1.98. The van der Waals surface area contributed by atoms with Crippen molar-refractivity contribution in [2.75, 3.05) is 7.11 Å². The van der Waals surface area contributed by atoms with Gasteiger partial charge in [0.25, 0.3) is 0 Å². The first-order chi connectivity index (χ1) is 10.1. The highest BCUT2D eigenvalue weighted by Crippen LogP contribution is 2.12. The van der Waals surface area contributed by atoms with Crippen molar-refractivity contribution in [3.05, 3.63) is 29.8 Å². The van der Waals surface area contributed by atoms with Gasteiger partial charge in [0, 0.05) is 6.42 Å². The molecule has 0 fully saturated rings. The maximum absolute atomic E-state index is 11.8. The number of methoxy groups -OCH3 is 1. The number of aryl methyl sites for hydroxylation is 1. The SMILES string of the molecule is CCCCC(NC(=O)CCc1ccc(OC)cc1)C(=O)O. The fraction of sp³-hybridized carbons (Fsp3) is 0.500. The molecule has 116 valence electrons. The van der Waals surface area contributed by atoms with Gasteiger partial charge in [-0.1, -0.05) is 31.9 Å². The molecule has 0 bridgehead atoms. The molecule has 1 unspecified atom stereocenters. The largest absolute Gasteiger partial charge is 0.497 e. The Morgan fingerprint density at radius 1 is 1.29 bits per heavy atom. The van der Waals surface area contributed by atoms with Crippen molar-refractivity contribution in [3.63, 3.8) is 0 Å². The average Bonchev–Trinajstić information content (AvgIpc) is 2.49. The summed E-state index contributed by atoms with van der Waals surface area (Å²) in [6, 6.07) is 6.70. The minimum atomic E-state index is -0.971. The number of carbonyl (C=O) groups is 2. The Balaban J connectivity index is 2.42. The molecule has 21 heavy (non-hydrogen) atoms. The van der Waals surface area contributed by atoms with Crippen LogP contribution in [0, 0.1) is 0 Å². The van der Waals surface area contributed by atoms with Crippen LogP contribution >= 0.6 is 0 Å². The topological polar surface area (TPSA) is 75.6 Å². The lowest BCUT2D eigenvalue weighted by Crippen LogP contribution is -2.40. The molecule has 0 aliphatic rings. The molecular weight excluding hydrogens is 270 g/mol. The van der Waals surface area contributed by atoms with Crippen LogP contribution in [0.1, 0.15) is 38.2 Å². The van der Waals surface area contributed by atoms with E-state index in [1.165, 1.54) is 0 Å². The molecule has 0 aliphatic heterocycles. The molecule has 0 radical (unpaired) electrons. The van der Waals surface area contributed by atoms with E-state index in [2.05, 4.69) is 5.32 Å². The summed E-state index contributed by atoms with van der Waals surface area (Å²) in [4.78, 5) is 22.9. The standard InChI is InChI=1S/C16H23NO4/c1-3-4-5-14(16(19)20)17-15(18)11-8-12-6-9-13(21-2)10-7-12/h6-7,9-10,14H,3-5,8,11H2,1-2H3,(H,17,18)(H,19,20). The Hall–Kier alpha value is -2.04. The Labute approximate surface area is 125 Å². The highest BCUT2D eigenvalue weighted by Gasteiger charge is 2.18. The summed E-state index contributed by atoms with van der Waals surface area (Å²) >= 11 is 0. The molecule has 5 nitrogen and oxygen atoms in total. The molecule has 1 atom stereocenters. The molecule has 1 aromatic rings. The number of carbonyl (C=O) groups excluding carboxylic acids is 1. The van der Waals surface area contributed by atoms with E-state index in [4.69, 9.17) is 9.84 Å². The van der Waals surface area contributed by atoms with E-state index in [-0.39, 0.29) is 12.3 Å². The Morgan fingerprint density at radius 3 is 2.48 bits per heavy atom. The average molecular weight is 293 g/mol. The number of ether oxygens (including phenoxy) is 1. The maximum atomic E-state index is 11.8. The number of unbranched alkanes of at least 4 members (excludes halogenated alkanes) is 1. The van der Waals surface area contributed by atoms with Gasteiger partial charge in [-0.2, -0.15) is 0 Å². The van der Waals surface area contributed by atoms with Crippen molar-refractivity contribution in [2.45, 2.75) is 45.1 Å². The molecule has 5 heteroatoms. The number of aliphatic carboxylic acids is 1. The summed E-state index contributed by atoms with van der Waals surface area (Å²) in [6.07, 6.45) is 3.03. The van der Waals surface area contributed by atoms with Crippen LogP contribution in [0.2, 0.25) is 0 Å². The molecule has 1 aromatic carbocycles. The van der Waals surface area contributed by atoms with Crippen LogP contribution in [-0.4, -0.2) is 30.1 Å². The van der Waals surface area contributed by atoms with Gasteiger partial charge < -0.3 is 15.2 Å². The van der Waals surface area contributed by atoms with Gasteiger partial charge in [-0.15, -0.1) is 0 Å². The van der Waals surface area contributed by atoms with Crippen molar-refractivity contribution < 1.29 is 19.4 Å². The van der Waals surface area contributed by atoms with Crippen LogP contribution in [0.3, 0.4) is 0 Å². The van der Waals surface area contributed by atoms with Crippen molar-refractivity contribution >= 4 is 11.9 Å². The predicted octanol–water partition coefficient (Wildman–Crippen LogP) is 2.39. The molecular formula is C16H23NO4. The highest BCUT2D eigenvalue weighted by atomic mass is 16.5. The number of carboxylic acid groups (broad SMARTS) is 1. The van der Waals surface area contributed by atoms with Crippen molar-refractivity contribution in [3.8, 4) is 5.75 Å². The van der Waals surface area contributed by atoms with E-state index >= 15 is 0 Å². The van der Waals surface area contributed by atoms with Crippen LogP contribution < -0.4 is 10.1 Å². The first-order valence-corrected chi connectivity index (χ1v) is 7.22. The zero-order chi connectivity index (χ0) is 15.7. The molecule has 0 aliphatic carbocycles. The maximum Gasteiger partial charge on any atom is 0.326 e. The van der Waals surface area contributed by atoms with E-state index in [1.807, 2.05) is 31.2 Å². The van der Waals surface area contributed by atoms with Gasteiger partial charge in [-0.3, -0.25) is 4.79 Å². The molecule has 2 N–H and O–H groups in total. The number of benzene rings is 1. The monoisotopic (exact) mass is 293 g/mol. The molecule has 0 saturated heterocycles. The van der Waals surface area contributed by atoms with Crippen LogP contribution in [0.15, 0.2) is 24.3 Å².